The third-order valence-corrected chi connectivity index (χ3v) is 21.0. The van der Waals surface area contributed by atoms with E-state index >= 15 is 0 Å². The first-order valence-electron chi connectivity index (χ1n) is 33.0. The van der Waals surface area contributed by atoms with E-state index in [1.807, 2.05) is 103 Å². The lowest BCUT2D eigenvalue weighted by molar-refractivity contribution is 1.10. The van der Waals surface area contributed by atoms with Crippen LogP contribution in [0.1, 0.15) is 27.8 Å². The van der Waals surface area contributed by atoms with Crippen LogP contribution >= 0.6 is 11.3 Å². The van der Waals surface area contributed by atoms with Gasteiger partial charge >= 0.3 is 0 Å². The highest BCUT2D eigenvalue weighted by molar-refractivity contribution is 7.21. The summed E-state index contributed by atoms with van der Waals surface area (Å²) in [5, 5.41) is 61.8. The van der Waals surface area contributed by atoms with Crippen molar-refractivity contribution in [1.82, 2.24) is 23.3 Å². The molecule has 0 bridgehead atoms. The molecular formula is C90H48N10S. The van der Waals surface area contributed by atoms with E-state index < -0.39 is 0 Å². The minimum absolute atomic E-state index is 0.419. The van der Waals surface area contributed by atoms with Crippen LogP contribution in [0.25, 0.3) is 175 Å². The first-order valence-corrected chi connectivity index (χ1v) is 33.8. The van der Waals surface area contributed by atoms with Crippen molar-refractivity contribution in [3.05, 3.63) is 319 Å². The maximum Gasteiger partial charge on any atom is 0.126 e. The molecule has 19 aromatic rings. The lowest BCUT2D eigenvalue weighted by Crippen LogP contribution is -2.11. The number of benzene rings is 14. The Hall–Kier alpha value is -14.4. The molecule has 0 unspecified atom stereocenters. The molecule has 464 valence electrons. The van der Waals surface area contributed by atoms with Gasteiger partial charge in [-0.05, 0) is 179 Å². The van der Waals surface area contributed by atoms with Gasteiger partial charge in [-0.3, -0.25) is 0 Å². The average molecular weight is 1300 g/mol. The van der Waals surface area contributed by atoms with Crippen LogP contribution in [-0.4, -0.2) is 23.3 Å². The molecule has 19 rings (SSSR count). The van der Waals surface area contributed by atoms with Gasteiger partial charge in [0.1, 0.15) is 11.1 Å². The Morgan fingerprint density at radius 3 is 1.03 bits per heavy atom. The summed E-state index contributed by atoms with van der Waals surface area (Å²) in [5.41, 5.74) is 21.8. The van der Waals surface area contributed by atoms with Crippen molar-refractivity contribution >= 4 is 109 Å². The Bertz CT molecular complexity index is 6810. The topological polar surface area (TPSA) is 152 Å². The van der Waals surface area contributed by atoms with Gasteiger partial charge in [-0.25, -0.2) is 4.98 Å². The van der Waals surface area contributed by atoms with E-state index in [0.29, 0.717) is 44.0 Å². The molecule has 101 heavy (non-hydrogen) atoms. The highest BCUT2D eigenvalue weighted by atomic mass is 32.1. The Kier molecular flexibility index (Phi) is 13.2. The largest absolute Gasteiger partial charge is 0.309 e. The minimum atomic E-state index is 0.419. The predicted molar refractivity (Wildman–Crippen MR) is 408 cm³/mol. The zero-order valence-corrected chi connectivity index (χ0v) is 54.4. The molecule has 5 heterocycles. The van der Waals surface area contributed by atoms with Gasteiger partial charge in [-0.1, -0.05) is 146 Å². The summed E-state index contributed by atoms with van der Waals surface area (Å²) in [6.45, 7) is 0. The van der Waals surface area contributed by atoms with E-state index in [2.05, 4.69) is 237 Å². The van der Waals surface area contributed by atoms with Crippen molar-refractivity contribution < 1.29 is 0 Å². The van der Waals surface area contributed by atoms with Gasteiger partial charge in [0.2, 0.25) is 0 Å². The molecule has 0 amide bonds. The normalized spacial score (nSPS) is 11.5. The van der Waals surface area contributed by atoms with Gasteiger partial charge in [-0.2, -0.15) is 26.3 Å². The average Bonchev–Trinajstić information content (AvgIpc) is 1.52. The van der Waals surface area contributed by atoms with Crippen molar-refractivity contribution in [2.24, 2.45) is 0 Å². The number of para-hydroxylation sites is 3. The number of fused-ring (bicyclic) bond motifs is 13. The number of hydrogen-bond acceptors (Lipinski definition) is 7. The molecule has 0 saturated carbocycles. The number of aromatic nitrogens is 5. The van der Waals surface area contributed by atoms with E-state index in [1.165, 1.54) is 0 Å². The third kappa shape index (κ3) is 8.95. The molecule has 0 aliphatic rings. The predicted octanol–water partition coefficient (Wildman–Crippen LogP) is 22.4. The van der Waals surface area contributed by atoms with Crippen molar-refractivity contribution in [3.63, 3.8) is 0 Å². The van der Waals surface area contributed by atoms with Crippen LogP contribution in [0.3, 0.4) is 0 Å². The SMILES string of the molecule is N#Cc1ccc2c(c1)c1cc(C#N)ccc1n2-c1ccc(-c2c(C#N)c(-c3nc4ccccc4s3)c(-c3ccc(-n4c5ccc(C#N)cc5c5cc(C#N)ccc54)cc3)c(-n3c4ccccc4c4cc(-c5ccccc5)ccc43)c2-n2c3ccccc3c3cc(-c4ccccc4)ccc32)cc1. The molecule has 0 saturated heterocycles. The minimum Gasteiger partial charge on any atom is -0.309 e. The monoisotopic (exact) mass is 1300 g/mol. The lowest BCUT2D eigenvalue weighted by atomic mass is 9.85. The van der Waals surface area contributed by atoms with Crippen LogP contribution in [-0.2, 0) is 0 Å². The summed E-state index contributed by atoms with van der Waals surface area (Å²) in [4.78, 5) is 5.58. The van der Waals surface area contributed by atoms with E-state index in [4.69, 9.17) is 4.98 Å². The number of nitriles is 5. The van der Waals surface area contributed by atoms with Gasteiger partial charge in [0, 0.05) is 71.2 Å². The van der Waals surface area contributed by atoms with E-state index in [9.17, 15) is 26.3 Å². The lowest BCUT2D eigenvalue weighted by Gasteiger charge is -2.27. The van der Waals surface area contributed by atoms with E-state index in [1.54, 1.807) is 11.3 Å². The molecule has 0 atom stereocenters. The summed E-state index contributed by atoms with van der Waals surface area (Å²) in [5.74, 6) is 0. The van der Waals surface area contributed by atoms with Crippen LogP contribution in [0.4, 0.5) is 0 Å². The zero-order valence-electron chi connectivity index (χ0n) is 53.6. The molecule has 0 fully saturated rings. The van der Waals surface area contributed by atoms with Crippen LogP contribution in [0, 0.1) is 56.7 Å². The molecule has 11 heteroatoms. The Morgan fingerprint density at radius 1 is 0.257 bits per heavy atom. The Balaban J connectivity index is 0.992. The first-order chi connectivity index (χ1) is 49.9. The standard InChI is InChI=1S/C90H48N10S/c91-49-54-23-37-78-68(43-54)69-44-55(50-92)24-38-79(69)97(78)64-33-27-60(28-34-64)85-74(53-95)87(90-96-75-19-9-12-22-84(75)101-90)86(61-29-35-65(36-30-61)98-80-39-25-56(51-93)45-70(80)71-46-57(52-94)26-40-81(71)98)89(100-77-21-11-8-18-67(77)73-48-63(32-42-83(73)100)59-15-5-2-6-16-59)88(85)99-76-20-10-7-17-66(76)72-47-62(31-41-82(72)99)58-13-3-1-4-14-58/h1-48H. The van der Waals surface area contributed by atoms with Crippen molar-refractivity contribution in [1.29, 1.82) is 26.3 Å². The molecule has 14 aromatic carbocycles. The maximum absolute atomic E-state index is 12.9. The summed E-state index contributed by atoms with van der Waals surface area (Å²) in [7, 11) is 0. The van der Waals surface area contributed by atoms with Gasteiger partial charge in [0.25, 0.3) is 0 Å². The van der Waals surface area contributed by atoms with E-state index in [-0.39, 0.29) is 0 Å². The summed E-state index contributed by atoms with van der Waals surface area (Å²) < 4.78 is 10.2. The summed E-state index contributed by atoms with van der Waals surface area (Å²) in [6, 6.07) is 112. The number of rotatable bonds is 9. The second-order valence-electron chi connectivity index (χ2n) is 25.3. The second-order valence-corrected chi connectivity index (χ2v) is 26.4. The molecular weight excluding hydrogens is 1250 g/mol. The molecule has 0 aliphatic carbocycles. The Morgan fingerprint density at radius 2 is 0.604 bits per heavy atom. The van der Waals surface area contributed by atoms with Crippen LogP contribution in [0.2, 0.25) is 0 Å². The second kappa shape index (κ2) is 22.9. The van der Waals surface area contributed by atoms with Gasteiger partial charge in [0.15, 0.2) is 0 Å². The number of nitrogens with zero attached hydrogens (tertiary/aromatic N) is 10. The fourth-order valence-corrected chi connectivity index (χ4v) is 16.5. The fraction of sp³-hybridized carbons (Fsp3) is 0. The molecule has 5 aromatic heterocycles. The van der Waals surface area contributed by atoms with Gasteiger partial charge in [0.05, 0.1) is 118 Å². The van der Waals surface area contributed by atoms with Crippen molar-refractivity contribution in [3.8, 4) is 108 Å². The van der Waals surface area contributed by atoms with E-state index in [0.717, 1.165) is 159 Å². The molecule has 0 radical (unpaired) electrons. The highest BCUT2D eigenvalue weighted by Gasteiger charge is 2.34. The molecule has 0 aliphatic heterocycles. The van der Waals surface area contributed by atoms with Gasteiger partial charge in [-0.15, -0.1) is 11.3 Å². The summed E-state index contributed by atoms with van der Waals surface area (Å²) >= 11 is 1.56. The van der Waals surface area contributed by atoms with Crippen molar-refractivity contribution in [2.45, 2.75) is 0 Å². The first kappa shape index (κ1) is 58.0. The van der Waals surface area contributed by atoms with Gasteiger partial charge < -0.3 is 18.3 Å². The highest BCUT2D eigenvalue weighted by Crippen LogP contribution is 2.54. The summed E-state index contributed by atoms with van der Waals surface area (Å²) in [6.07, 6.45) is 0. The fourth-order valence-electron chi connectivity index (χ4n) is 15.5. The quantitative estimate of drug-likeness (QED) is 0.140. The molecule has 0 N–H and O–H groups in total. The van der Waals surface area contributed by atoms with Crippen LogP contribution < -0.4 is 0 Å². The van der Waals surface area contributed by atoms with Crippen LogP contribution in [0.15, 0.2) is 291 Å². The number of thiazole rings is 1. The maximum atomic E-state index is 12.9. The smallest absolute Gasteiger partial charge is 0.126 e. The zero-order chi connectivity index (χ0) is 67.6. The molecule has 10 nitrogen and oxygen atoms in total. The third-order valence-electron chi connectivity index (χ3n) is 19.9. The van der Waals surface area contributed by atoms with Crippen LogP contribution in [0.5, 0.6) is 0 Å². The number of hydrogen-bond donors (Lipinski definition) is 0. The van der Waals surface area contributed by atoms with Crippen molar-refractivity contribution in [2.75, 3.05) is 0 Å². The molecule has 0 spiro atoms. The Labute approximate surface area is 581 Å².